The molecule has 1 aromatic rings. The Morgan fingerprint density at radius 3 is 2.79 bits per heavy atom. The lowest BCUT2D eigenvalue weighted by atomic mass is 10.3. The van der Waals surface area contributed by atoms with Crippen LogP contribution in [0.1, 0.15) is 0 Å². The highest BCUT2D eigenvalue weighted by atomic mass is 35.5. The number of benzene rings is 1. The first-order valence-corrected chi connectivity index (χ1v) is 4.29. The SMILES string of the molecule is NCCOc1ccc([N+](=O)[O-])c(Cl)c1. The highest BCUT2D eigenvalue weighted by Crippen LogP contribution is 2.28. The Morgan fingerprint density at radius 1 is 1.57 bits per heavy atom. The summed E-state index contributed by atoms with van der Waals surface area (Å²) >= 11 is 5.65. The van der Waals surface area contributed by atoms with Gasteiger partial charge < -0.3 is 10.5 Å². The molecule has 0 aliphatic rings. The van der Waals surface area contributed by atoms with E-state index in [1.54, 1.807) is 0 Å². The first-order chi connectivity index (χ1) is 6.65. The molecular formula is C8H9ClN2O3. The van der Waals surface area contributed by atoms with Crippen LogP contribution in [0.15, 0.2) is 18.2 Å². The third-order valence-corrected chi connectivity index (χ3v) is 1.81. The molecule has 5 nitrogen and oxygen atoms in total. The Kier molecular flexibility index (Phi) is 3.67. The Balaban J connectivity index is 2.83. The van der Waals surface area contributed by atoms with Crippen molar-refractivity contribution in [3.8, 4) is 5.75 Å². The maximum atomic E-state index is 10.4. The van der Waals surface area contributed by atoms with Gasteiger partial charge in [-0.2, -0.15) is 0 Å². The number of hydrogen-bond donors (Lipinski definition) is 1. The molecule has 0 bridgehead atoms. The summed E-state index contributed by atoms with van der Waals surface area (Å²) in [5, 5.41) is 10.5. The summed E-state index contributed by atoms with van der Waals surface area (Å²) in [7, 11) is 0. The minimum atomic E-state index is -0.547. The third kappa shape index (κ3) is 2.58. The summed E-state index contributed by atoms with van der Waals surface area (Å²) in [5.74, 6) is 0.478. The number of nitrogens with two attached hydrogens (primary N) is 1. The van der Waals surface area contributed by atoms with E-state index in [0.29, 0.717) is 18.9 Å². The van der Waals surface area contributed by atoms with Gasteiger partial charge in [-0.15, -0.1) is 0 Å². The van der Waals surface area contributed by atoms with Gasteiger partial charge in [0.25, 0.3) is 5.69 Å². The molecule has 0 saturated heterocycles. The van der Waals surface area contributed by atoms with Gasteiger partial charge in [0.1, 0.15) is 17.4 Å². The summed E-state index contributed by atoms with van der Waals surface area (Å²) in [5.41, 5.74) is 5.09. The highest BCUT2D eigenvalue weighted by molar-refractivity contribution is 6.32. The fraction of sp³-hybridized carbons (Fsp3) is 0.250. The van der Waals surface area contributed by atoms with Gasteiger partial charge in [-0.25, -0.2) is 0 Å². The Morgan fingerprint density at radius 2 is 2.29 bits per heavy atom. The molecule has 2 N–H and O–H groups in total. The molecule has 0 atom stereocenters. The van der Waals surface area contributed by atoms with Crippen molar-refractivity contribution in [3.05, 3.63) is 33.3 Å². The largest absolute Gasteiger partial charge is 0.492 e. The quantitative estimate of drug-likeness (QED) is 0.612. The van der Waals surface area contributed by atoms with E-state index >= 15 is 0 Å². The van der Waals surface area contributed by atoms with E-state index in [4.69, 9.17) is 22.1 Å². The molecule has 0 fully saturated rings. The maximum absolute atomic E-state index is 10.4. The Hall–Kier alpha value is -1.33. The molecule has 1 aromatic carbocycles. The van der Waals surface area contributed by atoms with Crippen molar-refractivity contribution in [2.45, 2.75) is 0 Å². The molecule has 6 heteroatoms. The predicted molar refractivity (Wildman–Crippen MR) is 52.7 cm³/mol. The van der Waals surface area contributed by atoms with Crippen LogP contribution in [0, 0.1) is 10.1 Å². The molecule has 0 radical (unpaired) electrons. The zero-order valence-electron chi connectivity index (χ0n) is 7.27. The smallest absolute Gasteiger partial charge is 0.288 e. The number of nitrogens with zero attached hydrogens (tertiary/aromatic N) is 1. The molecule has 0 heterocycles. The van der Waals surface area contributed by atoms with Gasteiger partial charge in [-0.05, 0) is 6.07 Å². The summed E-state index contributed by atoms with van der Waals surface area (Å²) in [6.07, 6.45) is 0. The highest BCUT2D eigenvalue weighted by Gasteiger charge is 2.12. The van der Waals surface area contributed by atoms with E-state index in [0.717, 1.165) is 0 Å². The van der Waals surface area contributed by atoms with Gasteiger partial charge >= 0.3 is 0 Å². The van der Waals surface area contributed by atoms with Gasteiger partial charge in [0.2, 0.25) is 0 Å². The van der Waals surface area contributed by atoms with Gasteiger partial charge in [-0.3, -0.25) is 10.1 Å². The number of hydrogen-bond acceptors (Lipinski definition) is 4. The van der Waals surface area contributed by atoms with Crippen molar-refractivity contribution in [2.75, 3.05) is 13.2 Å². The summed E-state index contributed by atoms with van der Waals surface area (Å²) in [6, 6.07) is 4.18. The second-order valence-electron chi connectivity index (χ2n) is 2.51. The zero-order valence-corrected chi connectivity index (χ0v) is 8.03. The van der Waals surface area contributed by atoms with Crippen LogP contribution in [0.3, 0.4) is 0 Å². The molecule has 76 valence electrons. The van der Waals surface area contributed by atoms with Crippen LogP contribution in [-0.2, 0) is 0 Å². The standard InChI is InChI=1S/C8H9ClN2O3/c9-7-5-6(14-4-3-10)1-2-8(7)11(12)13/h1-2,5H,3-4,10H2. The number of ether oxygens (including phenoxy) is 1. The van der Waals surface area contributed by atoms with Gasteiger partial charge in [-0.1, -0.05) is 11.6 Å². The fourth-order valence-corrected chi connectivity index (χ4v) is 1.14. The first-order valence-electron chi connectivity index (χ1n) is 3.92. The third-order valence-electron chi connectivity index (χ3n) is 1.50. The van der Waals surface area contributed by atoms with E-state index in [1.807, 2.05) is 0 Å². The van der Waals surface area contributed by atoms with Crippen LogP contribution in [0.25, 0.3) is 0 Å². The average Bonchev–Trinajstić information content (AvgIpc) is 2.14. The molecule has 0 aliphatic carbocycles. The molecular weight excluding hydrogens is 208 g/mol. The predicted octanol–water partition coefficient (Wildman–Crippen LogP) is 1.59. The summed E-state index contributed by atoms with van der Waals surface area (Å²) in [6.45, 7) is 0.739. The van der Waals surface area contributed by atoms with Crippen LogP contribution in [-0.4, -0.2) is 18.1 Å². The van der Waals surface area contributed by atoms with Crippen LogP contribution >= 0.6 is 11.6 Å². The molecule has 14 heavy (non-hydrogen) atoms. The lowest BCUT2D eigenvalue weighted by Gasteiger charge is -2.04. The number of halogens is 1. The van der Waals surface area contributed by atoms with Crippen molar-refractivity contribution < 1.29 is 9.66 Å². The van der Waals surface area contributed by atoms with Crippen molar-refractivity contribution in [3.63, 3.8) is 0 Å². The van der Waals surface area contributed by atoms with Crippen LogP contribution in [0.4, 0.5) is 5.69 Å². The second-order valence-corrected chi connectivity index (χ2v) is 2.91. The maximum Gasteiger partial charge on any atom is 0.288 e. The fourth-order valence-electron chi connectivity index (χ4n) is 0.902. The molecule has 1 rings (SSSR count). The van der Waals surface area contributed by atoms with E-state index in [1.165, 1.54) is 18.2 Å². The number of nitro benzene ring substituents is 1. The minimum Gasteiger partial charge on any atom is -0.492 e. The van der Waals surface area contributed by atoms with Crippen molar-refractivity contribution in [1.82, 2.24) is 0 Å². The molecule has 0 spiro atoms. The second kappa shape index (κ2) is 4.78. The summed E-state index contributed by atoms with van der Waals surface area (Å²) < 4.78 is 5.14. The van der Waals surface area contributed by atoms with Crippen LogP contribution in [0.2, 0.25) is 5.02 Å². The number of rotatable bonds is 4. The topological polar surface area (TPSA) is 78.4 Å². The normalized spacial score (nSPS) is 9.86. The van der Waals surface area contributed by atoms with Crippen molar-refractivity contribution in [1.29, 1.82) is 0 Å². The van der Waals surface area contributed by atoms with E-state index in [2.05, 4.69) is 0 Å². The zero-order chi connectivity index (χ0) is 10.6. The number of nitro groups is 1. The van der Waals surface area contributed by atoms with E-state index < -0.39 is 4.92 Å². The van der Waals surface area contributed by atoms with Crippen LogP contribution in [0.5, 0.6) is 5.75 Å². The first kappa shape index (κ1) is 10.7. The minimum absolute atomic E-state index is 0.0597. The van der Waals surface area contributed by atoms with Gasteiger partial charge in [0.05, 0.1) is 4.92 Å². The van der Waals surface area contributed by atoms with Gasteiger partial charge in [0.15, 0.2) is 0 Å². The Labute approximate surface area is 85.6 Å². The molecule has 0 unspecified atom stereocenters. The molecule has 0 aromatic heterocycles. The van der Waals surface area contributed by atoms with Crippen molar-refractivity contribution >= 4 is 17.3 Å². The van der Waals surface area contributed by atoms with Crippen LogP contribution < -0.4 is 10.5 Å². The lowest BCUT2D eigenvalue weighted by molar-refractivity contribution is -0.384. The summed E-state index contributed by atoms with van der Waals surface area (Å²) in [4.78, 5) is 9.86. The van der Waals surface area contributed by atoms with E-state index in [9.17, 15) is 10.1 Å². The van der Waals surface area contributed by atoms with E-state index in [-0.39, 0.29) is 10.7 Å². The lowest BCUT2D eigenvalue weighted by Crippen LogP contribution is -2.10. The monoisotopic (exact) mass is 216 g/mol. The molecule has 0 amide bonds. The molecule has 0 aliphatic heterocycles. The average molecular weight is 217 g/mol. The Bertz CT molecular complexity index is 343. The van der Waals surface area contributed by atoms with Gasteiger partial charge in [0, 0.05) is 18.7 Å². The van der Waals surface area contributed by atoms with Crippen molar-refractivity contribution in [2.24, 2.45) is 5.73 Å². The molecule has 0 saturated carbocycles.